The minimum atomic E-state index is 0.168. The molecule has 0 aliphatic carbocycles. The number of hydrogen-bond donors (Lipinski definition) is 0. The van der Waals surface area contributed by atoms with Crippen LogP contribution in [0, 0.1) is 18.3 Å². The van der Waals surface area contributed by atoms with Crippen LogP contribution in [0.3, 0.4) is 0 Å². The molecule has 0 aliphatic heterocycles. The van der Waals surface area contributed by atoms with E-state index in [0.717, 1.165) is 16.8 Å². The molecular formula is C12H11N3. The minimum absolute atomic E-state index is 0.168. The standard InChI is InChI=1S/C12H11N3/c1-9(8-15-11(3)7-13)12-4-5-14-10(2)6-12/h4-6,8H,1,3H2,2H3/b15-8+. The van der Waals surface area contributed by atoms with Gasteiger partial charge in [-0.05, 0) is 30.2 Å². The van der Waals surface area contributed by atoms with Crippen molar-refractivity contribution >= 4 is 11.8 Å². The molecule has 74 valence electrons. The molecule has 3 heteroatoms. The average Bonchev–Trinajstić information content (AvgIpc) is 2.25. The van der Waals surface area contributed by atoms with E-state index in [4.69, 9.17) is 5.26 Å². The van der Waals surface area contributed by atoms with Crippen molar-refractivity contribution in [2.45, 2.75) is 6.92 Å². The van der Waals surface area contributed by atoms with Crippen molar-refractivity contribution in [1.82, 2.24) is 4.98 Å². The summed E-state index contributed by atoms with van der Waals surface area (Å²) in [4.78, 5) is 7.93. The first-order valence-corrected chi connectivity index (χ1v) is 4.38. The van der Waals surface area contributed by atoms with Gasteiger partial charge < -0.3 is 0 Å². The number of pyridine rings is 1. The van der Waals surface area contributed by atoms with E-state index < -0.39 is 0 Å². The van der Waals surface area contributed by atoms with Crippen LogP contribution >= 0.6 is 0 Å². The second-order valence-corrected chi connectivity index (χ2v) is 3.03. The van der Waals surface area contributed by atoms with Crippen molar-refractivity contribution in [2.75, 3.05) is 0 Å². The first kappa shape index (κ1) is 10.9. The van der Waals surface area contributed by atoms with Crippen LogP contribution in [-0.4, -0.2) is 11.2 Å². The van der Waals surface area contributed by atoms with Crippen LogP contribution < -0.4 is 0 Å². The summed E-state index contributed by atoms with van der Waals surface area (Å²) in [5, 5.41) is 8.46. The Bertz CT molecular complexity index is 464. The van der Waals surface area contributed by atoms with E-state index in [1.807, 2.05) is 25.1 Å². The Kier molecular flexibility index (Phi) is 3.53. The summed E-state index contributed by atoms with van der Waals surface area (Å²) >= 11 is 0. The molecule has 0 amide bonds. The number of nitrogens with zero attached hydrogens (tertiary/aromatic N) is 3. The molecule has 0 atom stereocenters. The Morgan fingerprint density at radius 1 is 1.60 bits per heavy atom. The van der Waals surface area contributed by atoms with Gasteiger partial charge >= 0.3 is 0 Å². The number of nitriles is 1. The summed E-state index contributed by atoms with van der Waals surface area (Å²) in [7, 11) is 0. The predicted molar refractivity (Wildman–Crippen MR) is 61.3 cm³/mol. The van der Waals surface area contributed by atoms with Crippen LogP contribution in [0.15, 0.2) is 42.2 Å². The van der Waals surface area contributed by atoms with Gasteiger partial charge in [0.15, 0.2) is 0 Å². The molecule has 3 nitrogen and oxygen atoms in total. The topological polar surface area (TPSA) is 49.0 Å². The van der Waals surface area contributed by atoms with Gasteiger partial charge in [-0.25, -0.2) is 4.99 Å². The molecule has 1 rings (SSSR count). The molecule has 0 saturated heterocycles. The number of aromatic nitrogens is 1. The lowest BCUT2D eigenvalue weighted by atomic mass is 10.1. The van der Waals surface area contributed by atoms with Crippen molar-refractivity contribution in [3.63, 3.8) is 0 Å². The number of rotatable bonds is 3. The van der Waals surface area contributed by atoms with Crippen LogP contribution in [0.25, 0.3) is 5.57 Å². The van der Waals surface area contributed by atoms with Crippen molar-refractivity contribution in [3.8, 4) is 6.07 Å². The predicted octanol–water partition coefficient (Wildman–Crippen LogP) is 2.51. The summed E-state index contributed by atoms with van der Waals surface area (Å²) in [6, 6.07) is 5.59. The molecule has 1 aromatic heterocycles. The number of aliphatic imine (C=N–C) groups is 1. The largest absolute Gasteiger partial charge is 0.262 e. The first-order chi connectivity index (χ1) is 7.13. The smallest absolute Gasteiger partial charge is 0.133 e. The summed E-state index contributed by atoms with van der Waals surface area (Å²) in [5.41, 5.74) is 2.76. The third kappa shape index (κ3) is 3.20. The molecule has 1 heterocycles. The molecule has 15 heavy (non-hydrogen) atoms. The zero-order valence-corrected chi connectivity index (χ0v) is 8.57. The molecule has 0 fully saturated rings. The quantitative estimate of drug-likeness (QED) is 0.552. The van der Waals surface area contributed by atoms with Crippen LogP contribution in [0.1, 0.15) is 11.3 Å². The monoisotopic (exact) mass is 197 g/mol. The molecule has 0 spiro atoms. The van der Waals surface area contributed by atoms with Gasteiger partial charge in [0.25, 0.3) is 0 Å². The Morgan fingerprint density at radius 2 is 2.33 bits per heavy atom. The zero-order valence-electron chi connectivity index (χ0n) is 8.57. The highest BCUT2D eigenvalue weighted by atomic mass is 14.7. The van der Waals surface area contributed by atoms with Gasteiger partial charge in [-0.2, -0.15) is 5.26 Å². The van der Waals surface area contributed by atoms with E-state index in [1.165, 1.54) is 6.21 Å². The molecule has 0 bridgehead atoms. The van der Waals surface area contributed by atoms with Gasteiger partial charge in [-0.1, -0.05) is 13.2 Å². The van der Waals surface area contributed by atoms with Crippen LogP contribution in [-0.2, 0) is 0 Å². The third-order valence-corrected chi connectivity index (χ3v) is 1.77. The SMILES string of the molecule is C=C(C#N)/N=C/C(=C)c1ccnc(C)c1. The number of aryl methyl sites for hydroxylation is 1. The summed E-state index contributed by atoms with van der Waals surface area (Å²) in [5.74, 6) is 0. The Balaban J connectivity index is 2.83. The van der Waals surface area contributed by atoms with Crippen LogP contribution in [0.2, 0.25) is 0 Å². The van der Waals surface area contributed by atoms with E-state index in [0.29, 0.717) is 0 Å². The Morgan fingerprint density at radius 3 is 2.93 bits per heavy atom. The van der Waals surface area contributed by atoms with Gasteiger partial charge in [0.2, 0.25) is 0 Å². The molecule has 0 radical (unpaired) electrons. The summed E-state index contributed by atoms with van der Waals surface area (Å²) < 4.78 is 0. The van der Waals surface area contributed by atoms with Gasteiger partial charge in [-0.3, -0.25) is 4.98 Å². The van der Waals surface area contributed by atoms with Crippen molar-refractivity contribution in [3.05, 3.63) is 48.4 Å². The summed E-state index contributed by atoms with van der Waals surface area (Å²) in [6.07, 6.45) is 3.24. The first-order valence-electron chi connectivity index (χ1n) is 4.38. The Labute approximate surface area is 89.1 Å². The van der Waals surface area contributed by atoms with Crippen LogP contribution in [0.5, 0.6) is 0 Å². The molecule has 0 unspecified atom stereocenters. The van der Waals surface area contributed by atoms with E-state index >= 15 is 0 Å². The average molecular weight is 197 g/mol. The Hall–Kier alpha value is -2.21. The zero-order chi connectivity index (χ0) is 11.3. The highest BCUT2D eigenvalue weighted by molar-refractivity contribution is 6.09. The third-order valence-electron chi connectivity index (χ3n) is 1.77. The second-order valence-electron chi connectivity index (χ2n) is 3.03. The maximum atomic E-state index is 8.46. The lowest BCUT2D eigenvalue weighted by Crippen LogP contribution is -1.87. The normalized spacial score (nSPS) is 9.87. The molecule has 0 aromatic carbocycles. The lowest BCUT2D eigenvalue weighted by Gasteiger charge is -1.99. The maximum Gasteiger partial charge on any atom is 0.133 e. The molecule has 0 aliphatic rings. The van der Waals surface area contributed by atoms with Crippen molar-refractivity contribution in [2.24, 2.45) is 4.99 Å². The van der Waals surface area contributed by atoms with Crippen molar-refractivity contribution in [1.29, 1.82) is 5.26 Å². The fraction of sp³-hybridized carbons (Fsp3) is 0.0833. The van der Waals surface area contributed by atoms with E-state index in [2.05, 4.69) is 23.1 Å². The van der Waals surface area contributed by atoms with Gasteiger partial charge in [-0.15, -0.1) is 0 Å². The second kappa shape index (κ2) is 4.87. The summed E-state index contributed by atoms with van der Waals surface area (Å²) in [6.45, 7) is 9.19. The van der Waals surface area contributed by atoms with Crippen LogP contribution in [0.4, 0.5) is 0 Å². The van der Waals surface area contributed by atoms with E-state index in [-0.39, 0.29) is 5.70 Å². The maximum absolute atomic E-state index is 8.46. The molecule has 0 N–H and O–H groups in total. The number of allylic oxidation sites excluding steroid dienone is 2. The van der Waals surface area contributed by atoms with Gasteiger partial charge in [0, 0.05) is 18.1 Å². The highest BCUT2D eigenvalue weighted by Gasteiger charge is 1.96. The van der Waals surface area contributed by atoms with Crippen molar-refractivity contribution < 1.29 is 0 Å². The van der Waals surface area contributed by atoms with Gasteiger partial charge in [0.1, 0.15) is 11.8 Å². The minimum Gasteiger partial charge on any atom is -0.262 e. The highest BCUT2D eigenvalue weighted by Crippen LogP contribution is 2.10. The fourth-order valence-electron chi connectivity index (χ4n) is 1.00. The van der Waals surface area contributed by atoms with E-state index in [9.17, 15) is 0 Å². The molecule has 0 saturated carbocycles. The van der Waals surface area contributed by atoms with Gasteiger partial charge in [0.05, 0.1) is 0 Å². The molecular weight excluding hydrogens is 186 g/mol. The molecule has 1 aromatic rings. The number of hydrogen-bond acceptors (Lipinski definition) is 3. The fourth-order valence-corrected chi connectivity index (χ4v) is 1.00. The van der Waals surface area contributed by atoms with E-state index in [1.54, 1.807) is 6.20 Å². The lowest BCUT2D eigenvalue weighted by molar-refractivity contribution is 1.19.